The Morgan fingerprint density at radius 1 is 0.889 bits per heavy atom. The number of hydrogen-bond donors (Lipinski definition) is 1. The van der Waals surface area contributed by atoms with E-state index in [1.54, 1.807) is 18.2 Å². The van der Waals surface area contributed by atoms with E-state index in [9.17, 15) is 5.11 Å². The van der Waals surface area contributed by atoms with Gasteiger partial charge in [0, 0.05) is 5.56 Å². The van der Waals surface area contributed by atoms with E-state index in [1.165, 1.54) is 0 Å². The lowest BCUT2D eigenvalue weighted by molar-refractivity contribution is 0.431. The van der Waals surface area contributed by atoms with Gasteiger partial charge in [-0.15, -0.1) is 0 Å². The number of benzene rings is 2. The molecular formula is C14H10N2O2. The minimum Gasteiger partial charge on any atom is -0.507 e. The highest BCUT2D eigenvalue weighted by Gasteiger charge is 2.12. The molecule has 4 heteroatoms. The molecule has 0 aliphatic carbocycles. The van der Waals surface area contributed by atoms with Crippen molar-refractivity contribution in [1.29, 1.82) is 0 Å². The molecule has 18 heavy (non-hydrogen) atoms. The largest absolute Gasteiger partial charge is 0.507 e. The molecule has 0 fully saturated rings. The van der Waals surface area contributed by atoms with Crippen LogP contribution in [0.15, 0.2) is 59.1 Å². The molecule has 0 unspecified atom stereocenters. The molecule has 0 aliphatic rings. The Morgan fingerprint density at radius 3 is 2.39 bits per heavy atom. The quantitative estimate of drug-likeness (QED) is 0.745. The van der Waals surface area contributed by atoms with Gasteiger partial charge in [0.15, 0.2) is 0 Å². The number of aromatic hydroxyl groups is 1. The third-order valence-electron chi connectivity index (χ3n) is 2.59. The van der Waals surface area contributed by atoms with Gasteiger partial charge in [-0.05, 0) is 24.3 Å². The summed E-state index contributed by atoms with van der Waals surface area (Å²) in [7, 11) is 0. The zero-order valence-electron chi connectivity index (χ0n) is 9.45. The van der Waals surface area contributed by atoms with Crippen LogP contribution in [0.3, 0.4) is 0 Å². The number of aromatic nitrogens is 2. The minimum atomic E-state index is 0.137. The van der Waals surface area contributed by atoms with Gasteiger partial charge in [-0.25, -0.2) is 0 Å². The van der Waals surface area contributed by atoms with Crippen LogP contribution in [0.4, 0.5) is 0 Å². The Balaban J connectivity index is 2.03. The zero-order valence-corrected chi connectivity index (χ0v) is 9.45. The first-order valence-corrected chi connectivity index (χ1v) is 5.52. The lowest BCUT2D eigenvalue weighted by Gasteiger charge is -1.96. The molecule has 0 saturated heterocycles. The summed E-state index contributed by atoms with van der Waals surface area (Å²) in [5.41, 5.74) is 1.41. The van der Waals surface area contributed by atoms with Crippen LogP contribution in [0.5, 0.6) is 5.75 Å². The van der Waals surface area contributed by atoms with E-state index in [0.29, 0.717) is 17.3 Å². The molecule has 4 nitrogen and oxygen atoms in total. The van der Waals surface area contributed by atoms with Gasteiger partial charge in [-0.2, -0.15) is 4.98 Å². The Morgan fingerprint density at radius 2 is 1.61 bits per heavy atom. The number of hydrogen-bond acceptors (Lipinski definition) is 4. The van der Waals surface area contributed by atoms with Crippen molar-refractivity contribution in [3.8, 4) is 28.6 Å². The highest BCUT2D eigenvalue weighted by Crippen LogP contribution is 2.28. The number of nitrogens with zero attached hydrogens (tertiary/aromatic N) is 2. The first-order chi connectivity index (χ1) is 8.84. The van der Waals surface area contributed by atoms with Crippen LogP contribution in [-0.4, -0.2) is 15.2 Å². The Hall–Kier alpha value is -2.62. The van der Waals surface area contributed by atoms with E-state index < -0.39 is 0 Å². The second-order valence-corrected chi connectivity index (χ2v) is 3.81. The summed E-state index contributed by atoms with van der Waals surface area (Å²) in [6.07, 6.45) is 0. The van der Waals surface area contributed by atoms with E-state index in [2.05, 4.69) is 10.1 Å². The molecule has 1 aromatic heterocycles. The maximum Gasteiger partial charge on any atom is 0.258 e. The monoisotopic (exact) mass is 238 g/mol. The topological polar surface area (TPSA) is 59.2 Å². The Labute approximate surface area is 104 Å². The van der Waals surface area contributed by atoms with Crippen molar-refractivity contribution in [1.82, 2.24) is 10.1 Å². The molecule has 0 radical (unpaired) electrons. The fourth-order valence-corrected chi connectivity index (χ4v) is 1.69. The number of rotatable bonds is 2. The molecule has 0 saturated carbocycles. The summed E-state index contributed by atoms with van der Waals surface area (Å²) in [5.74, 6) is 0.957. The van der Waals surface area contributed by atoms with Crippen molar-refractivity contribution in [2.24, 2.45) is 0 Å². The van der Waals surface area contributed by atoms with Gasteiger partial charge in [-0.3, -0.25) is 0 Å². The summed E-state index contributed by atoms with van der Waals surface area (Å²) < 4.78 is 5.19. The van der Waals surface area contributed by atoms with E-state index in [1.807, 2.05) is 36.4 Å². The van der Waals surface area contributed by atoms with E-state index in [-0.39, 0.29) is 5.75 Å². The van der Waals surface area contributed by atoms with E-state index >= 15 is 0 Å². The van der Waals surface area contributed by atoms with Crippen LogP contribution in [0.2, 0.25) is 0 Å². The molecule has 1 N–H and O–H groups in total. The fraction of sp³-hybridized carbons (Fsp3) is 0. The molecular weight excluding hydrogens is 228 g/mol. The minimum absolute atomic E-state index is 0.137. The summed E-state index contributed by atoms with van der Waals surface area (Å²) in [4.78, 5) is 4.27. The smallest absolute Gasteiger partial charge is 0.258 e. The summed E-state index contributed by atoms with van der Waals surface area (Å²) in [5, 5.41) is 13.6. The second-order valence-electron chi connectivity index (χ2n) is 3.81. The number of para-hydroxylation sites is 1. The van der Waals surface area contributed by atoms with Gasteiger partial charge in [0.2, 0.25) is 5.82 Å². The first-order valence-electron chi connectivity index (χ1n) is 5.52. The van der Waals surface area contributed by atoms with Crippen molar-refractivity contribution < 1.29 is 9.63 Å². The number of phenols is 1. The summed E-state index contributed by atoms with van der Waals surface area (Å²) in [6.45, 7) is 0. The molecule has 88 valence electrons. The molecule has 0 spiro atoms. The van der Waals surface area contributed by atoms with Crippen LogP contribution >= 0.6 is 0 Å². The third kappa shape index (κ3) is 1.84. The van der Waals surface area contributed by atoms with Gasteiger partial charge in [0.1, 0.15) is 5.75 Å². The molecule has 3 aromatic rings. The Kier molecular flexibility index (Phi) is 2.53. The van der Waals surface area contributed by atoms with Gasteiger partial charge >= 0.3 is 0 Å². The molecule has 0 amide bonds. The first kappa shape index (κ1) is 10.5. The summed E-state index contributed by atoms with van der Waals surface area (Å²) >= 11 is 0. The second kappa shape index (κ2) is 4.33. The summed E-state index contributed by atoms with van der Waals surface area (Å²) in [6, 6.07) is 16.4. The third-order valence-corrected chi connectivity index (χ3v) is 2.59. The molecule has 0 bridgehead atoms. The highest BCUT2D eigenvalue weighted by atomic mass is 16.5. The van der Waals surface area contributed by atoms with Gasteiger partial charge in [0.05, 0.1) is 5.56 Å². The van der Waals surface area contributed by atoms with Gasteiger partial charge in [-0.1, -0.05) is 35.5 Å². The molecule has 1 heterocycles. The van der Waals surface area contributed by atoms with Crippen LogP contribution < -0.4 is 0 Å². The van der Waals surface area contributed by atoms with Crippen molar-refractivity contribution in [3.63, 3.8) is 0 Å². The van der Waals surface area contributed by atoms with Crippen LogP contribution in [0, 0.1) is 0 Å². The predicted octanol–water partition coefficient (Wildman–Crippen LogP) is 3.11. The van der Waals surface area contributed by atoms with Crippen LogP contribution in [-0.2, 0) is 0 Å². The average Bonchev–Trinajstić information content (AvgIpc) is 2.90. The van der Waals surface area contributed by atoms with Crippen molar-refractivity contribution in [2.45, 2.75) is 0 Å². The SMILES string of the molecule is Oc1ccccc1-c1noc(-c2ccccc2)n1. The van der Waals surface area contributed by atoms with Crippen molar-refractivity contribution in [3.05, 3.63) is 54.6 Å². The molecule has 0 atom stereocenters. The van der Waals surface area contributed by atoms with Crippen LogP contribution in [0.1, 0.15) is 0 Å². The van der Waals surface area contributed by atoms with Gasteiger partial charge in [0.25, 0.3) is 5.89 Å². The normalized spacial score (nSPS) is 10.4. The van der Waals surface area contributed by atoms with Crippen molar-refractivity contribution in [2.75, 3.05) is 0 Å². The van der Waals surface area contributed by atoms with E-state index in [4.69, 9.17) is 4.52 Å². The maximum atomic E-state index is 9.72. The lowest BCUT2D eigenvalue weighted by atomic mass is 10.2. The average molecular weight is 238 g/mol. The predicted molar refractivity (Wildman–Crippen MR) is 66.8 cm³/mol. The van der Waals surface area contributed by atoms with Crippen LogP contribution in [0.25, 0.3) is 22.8 Å². The standard InChI is InChI=1S/C14H10N2O2/c17-12-9-5-4-8-11(12)13-15-14(18-16-13)10-6-2-1-3-7-10/h1-9,17H. The van der Waals surface area contributed by atoms with Crippen molar-refractivity contribution >= 4 is 0 Å². The fourth-order valence-electron chi connectivity index (χ4n) is 1.69. The van der Waals surface area contributed by atoms with E-state index in [0.717, 1.165) is 5.56 Å². The number of phenolic OH excluding ortho intramolecular Hbond substituents is 1. The maximum absolute atomic E-state index is 9.72. The zero-order chi connectivity index (χ0) is 12.4. The molecule has 2 aromatic carbocycles. The van der Waals surface area contributed by atoms with Gasteiger partial charge < -0.3 is 9.63 Å². The molecule has 3 rings (SSSR count). The molecule has 0 aliphatic heterocycles. The lowest BCUT2D eigenvalue weighted by Crippen LogP contribution is -1.81. The Bertz CT molecular complexity index is 662. The highest BCUT2D eigenvalue weighted by molar-refractivity contribution is 5.65.